The molecule has 1 aromatic heterocycles. The van der Waals surface area contributed by atoms with Crippen molar-refractivity contribution >= 4 is 10.9 Å². The first-order chi connectivity index (χ1) is 14.1. The Labute approximate surface area is 169 Å². The van der Waals surface area contributed by atoms with Gasteiger partial charge in [-0.05, 0) is 67.2 Å². The van der Waals surface area contributed by atoms with E-state index in [1.807, 2.05) is 30.5 Å². The van der Waals surface area contributed by atoms with Gasteiger partial charge in [0.15, 0.2) is 0 Å². The van der Waals surface area contributed by atoms with Gasteiger partial charge < -0.3 is 9.88 Å². The Kier molecular flexibility index (Phi) is 5.30. The van der Waals surface area contributed by atoms with E-state index in [1.165, 1.54) is 0 Å². The summed E-state index contributed by atoms with van der Waals surface area (Å²) in [6, 6.07) is 9.27. The first-order valence-corrected chi connectivity index (χ1v) is 9.70. The van der Waals surface area contributed by atoms with Gasteiger partial charge in [-0.25, -0.2) is 0 Å². The topological polar surface area (TPSA) is 17.0 Å². The Balaban J connectivity index is 1.77. The largest absolute Gasteiger partial charge is 0.416 e. The molecule has 1 saturated heterocycles. The number of nitrogens with zero attached hydrogens (tertiary/aromatic N) is 1. The van der Waals surface area contributed by atoms with Crippen LogP contribution < -0.4 is 5.32 Å². The van der Waals surface area contributed by atoms with Crippen molar-refractivity contribution in [2.45, 2.75) is 37.7 Å². The molecule has 1 N–H and O–H groups in total. The van der Waals surface area contributed by atoms with Gasteiger partial charge in [-0.2, -0.15) is 26.3 Å². The van der Waals surface area contributed by atoms with Gasteiger partial charge in [-0.3, -0.25) is 0 Å². The van der Waals surface area contributed by atoms with Gasteiger partial charge in [0.2, 0.25) is 0 Å². The van der Waals surface area contributed by atoms with Crippen LogP contribution in [0, 0.1) is 0 Å². The van der Waals surface area contributed by atoms with Crippen molar-refractivity contribution in [2.24, 2.45) is 0 Å². The van der Waals surface area contributed by atoms with Crippen molar-refractivity contribution in [3.63, 3.8) is 0 Å². The predicted octanol–water partition coefficient (Wildman–Crippen LogP) is 6.19. The summed E-state index contributed by atoms with van der Waals surface area (Å²) in [5.41, 5.74) is -0.716. The number of rotatable bonds is 3. The van der Waals surface area contributed by atoms with Gasteiger partial charge in [0.05, 0.1) is 11.1 Å². The van der Waals surface area contributed by atoms with Crippen molar-refractivity contribution in [3.8, 4) is 0 Å². The molecule has 2 aromatic carbocycles. The molecule has 1 aliphatic rings. The quantitative estimate of drug-likeness (QED) is 0.494. The molecule has 0 radical (unpaired) electrons. The molecule has 0 saturated carbocycles. The third kappa shape index (κ3) is 4.19. The number of alkyl halides is 6. The second kappa shape index (κ2) is 7.65. The average Bonchev–Trinajstić information content (AvgIpc) is 3.06. The molecule has 0 atom stereocenters. The SMILES string of the molecule is FC(F)(F)c1cc(Cn2cc(C3CCNCC3)c3ccccc32)cc(C(F)(F)F)c1. The summed E-state index contributed by atoms with van der Waals surface area (Å²) in [4.78, 5) is 0. The molecule has 0 spiro atoms. The van der Waals surface area contributed by atoms with E-state index in [4.69, 9.17) is 0 Å². The summed E-state index contributed by atoms with van der Waals surface area (Å²) in [6.45, 7) is 1.69. The Bertz CT molecular complexity index is 1010. The minimum Gasteiger partial charge on any atom is -0.343 e. The lowest BCUT2D eigenvalue weighted by atomic mass is 9.90. The summed E-state index contributed by atoms with van der Waals surface area (Å²) >= 11 is 0. The van der Waals surface area contributed by atoms with Crippen molar-refractivity contribution in [1.29, 1.82) is 0 Å². The second-order valence-corrected chi connectivity index (χ2v) is 7.67. The molecule has 2 nitrogen and oxygen atoms in total. The van der Waals surface area contributed by atoms with Gasteiger partial charge in [0.1, 0.15) is 0 Å². The fourth-order valence-corrected chi connectivity index (χ4v) is 4.17. The predicted molar refractivity (Wildman–Crippen MR) is 102 cm³/mol. The maximum atomic E-state index is 13.2. The lowest BCUT2D eigenvalue weighted by Gasteiger charge is -2.22. The summed E-state index contributed by atoms with van der Waals surface area (Å²) in [5.74, 6) is 0.310. The smallest absolute Gasteiger partial charge is 0.343 e. The van der Waals surface area contributed by atoms with Crippen LogP contribution in [-0.2, 0) is 18.9 Å². The first-order valence-electron chi connectivity index (χ1n) is 9.70. The number of aromatic nitrogens is 1. The van der Waals surface area contributed by atoms with Gasteiger partial charge in [-0.1, -0.05) is 18.2 Å². The van der Waals surface area contributed by atoms with Crippen LogP contribution >= 0.6 is 0 Å². The molecule has 4 rings (SSSR count). The minimum atomic E-state index is -4.85. The molecule has 3 aromatic rings. The van der Waals surface area contributed by atoms with Crippen LogP contribution in [0.2, 0.25) is 0 Å². The molecule has 0 aliphatic carbocycles. The fourth-order valence-electron chi connectivity index (χ4n) is 4.17. The minimum absolute atomic E-state index is 0.0326. The van der Waals surface area contributed by atoms with E-state index in [-0.39, 0.29) is 18.2 Å². The van der Waals surface area contributed by atoms with Gasteiger partial charge in [0.25, 0.3) is 0 Å². The lowest BCUT2D eigenvalue weighted by molar-refractivity contribution is -0.143. The third-order valence-electron chi connectivity index (χ3n) is 5.60. The van der Waals surface area contributed by atoms with E-state index in [9.17, 15) is 26.3 Å². The molecular formula is C22H20F6N2. The number of hydrogen-bond donors (Lipinski definition) is 1. The van der Waals surface area contributed by atoms with Gasteiger partial charge >= 0.3 is 12.4 Å². The number of para-hydroxylation sites is 1. The maximum absolute atomic E-state index is 13.2. The Morgan fingerprint density at radius 2 is 1.47 bits per heavy atom. The summed E-state index contributed by atoms with van der Waals surface area (Å²) < 4.78 is 80.9. The summed E-state index contributed by atoms with van der Waals surface area (Å²) in [6.07, 6.45) is -5.94. The highest BCUT2D eigenvalue weighted by molar-refractivity contribution is 5.84. The summed E-state index contributed by atoms with van der Waals surface area (Å²) in [7, 11) is 0. The molecule has 0 amide bonds. The first kappa shape index (κ1) is 20.8. The molecule has 160 valence electrons. The highest BCUT2D eigenvalue weighted by Crippen LogP contribution is 2.37. The Hall–Kier alpha value is -2.48. The molecule has 0 unspecified atom stereocenters. The average molecular weight is 426 g/mol. The second-order valence-electron chi connectivity index (χ2n) is 7.67. The number of hydrogen-bond acceptors (Lipinski definition) is 1. The number of piperidine rings is 1. The van der Waals surface area contributed by atoms with Crippen LogP contribution in [0.3, 0.4) is 0 Å². The molecular weight excluding hydrogens is 406 g/mol. The molecule has 0 bridgehead atoms. The number of halogens is 6. The maximum Gasteiger partial charge on any atom is 0.416 e. The number of benzene rings is 2. The Morgan fingerprint density at radius 1 is 0.867 bits per heavy atom. The van der Waals surface area contributed by atoms with Crippen molar-refractivity contribution in [2.75, 3.05) is 13.1 Å². The summed E-state index contributed by atoms with van der Waals surface area (Å²) in [5, 5.41) is 4.29. The molecule has 30 heavy (non-hydrogen) atoms. The zero-order valence-electron chi connectivity index (χ0n) is 15.9. The molecule has 2 heterocycles. The van der Waals surface area contributed by atoms with E-state index < -0.39 is 23.5 Å². The normalized spacial score (nSPS) is 16.3. The highest BCUT2D eigenvalue weighted by atomic mass is 19.4. The van der Waals surface area contributed by atoms with Crippen molar-refractivity contribution in [1.82, 2.24) is 9.88 Å². The van der Waals surface area contributed by atoms with Crippen LogP contribution in [0.1, 0.15) is 41.0 Å². The fraction of sp³-hybridized carbons (Fsp3) is 0.364. The highest BCUT2D eigenvalue weighted by Gasteiger charge is 2.37. The number of fused-ring (bicyclic) bond motifs is 1. The van der Waals surface area contributed by atoms with Gasteiger partial charge in [0, 0.05) is 23.6 Å². The van der Waals surface area contributed by atoms with E-state index in [2.05, 4.69) is 5.32 Å². The molecule has 1 aliphatic heterocycles. The number of nitrogens with one attached hydrogen (secondary N) is 1. The third-order valence-corrected chi connectivity index (χ3v) is 5.60. The van der Waals surface area contributed by atoms with Crippen LogP contribution in [0.4, 0.5) is 26.3 Å². The zero-order valence-corrected chi connectivity index (χ0v) is 15.9. The van der Waals surface area contributed by atoms with E-state index in [0.29, 0.717) is 5.92 Å². The Morgan fingerprint density at radius 3 is 2.07 bits per heavy atom. The van der Waals surface area contributed by atoms with Crippen molar-refractivity contribution in [3.05, 3.63) is 70.9 Å². The van der Waals surface area contributed by atoms with E-state index in [1.54, 1.807) is 4.57 Å². The van der Waals surface area contributed by atoms with Crippen LogP contribution in [-0.4, -0.2) is 17.7 Å². The van der Waals surface area contributed by atoms with E-state index >= 15 is 0 Å². The monoisotopic (exact) mass is 426 g/mol. The standard InChI is InChI=1S/C22H20F6N2/c23-21(24,25)16-9-14(10-17(11-16)22(26,27)28)12-30-13-19(15-5-7-29-8-6-15)18-3-1-2-4-20(18)30/h1-4,9-11,13,15,29H,5-8,12H2. The molecule has 1 fully saturated rings. The van der Waals surface area contributed by atoms with Crippen LogP contribution in [0.25, 0.3) is 10.9 Å². The lowest BCUT2D eigenvalue weighted by Crippen LogP contribution is -2.26. The van der Waals surface area contributed by atoms with Crippen LogP contribution in [0.15, 0.2) is 48.7 Å². The van der Waals surface area contributed by atoms with Crippen LogP contribution in [0.5, 0.6) is 0 Å². The molecule has 8 heteroatoms. The zero-order chi connectivity index (χ0) is 21.5. The van der Waals surface area contributed by atoms with E-state index in [0.717, 1.165) is 54.5 Å². The van der Waals surface area contributed by atoms with Gasteiger partial charge in [-0.15, -0.1) is 0 Å². The van der Waals surface area contributed by atoms with Crippen molar-refractivity contribution < 1.29 is 26.3 Å².